The number of H-pyrrole nitrogens is 1. The molecule has 8 heteroatoms. The maximum atomic E-state index is 13.0. The van der Waals surface area contributed by atoms with E-state index in [1.165, 1.54) is 24.7 Å². The molecule has 2 N–H and O–H groups in total. The number of carbonyl (C=O) groups excluding carboxylic acids is 1. The number of benzene rings is 1. The van der Waals surface area contributed by atoms with Gasteiger partial charge in [0.25, 0.3) is 5.91 Å². The number of hydrogen-bond acceptors (Lipinski definition) is 3. The average molecular weight is 331 g/mol. The highest BCUT2D eigenvalue weighted by molar-refractivity contribution is 5.92. The highest BCUT2D eigenvalue weighted by atomic mass is 19.3. The number of hydrogen-bond donors (Lipinski definition) is 2. The minimum Gasteiger partial charge on any atom is -0.343 e. The number of rotatable bonds is 6. The molecule has 124 valence electrons. The van der Waals surface area contributed by atoms with E-state index in [1.54, 1.807) is 0 Å². The van der Waals surface area contributed by atoms with Crippen LogP contribution in [-0.4, -0.2) is 25.7 Å². The summed E-state index contributed by atoms with van der Waals surface area (Å²) in [5.74, 6) is -0.166. The Bertz CT molecular complexity index is 786. The summed E-state index contributed by atoms with van der Waals surface area (Å²) in [6, 6.07) is 10.2. The fourth-order valence-electron chi connectivity index (χ4n) is 2.42. The Labute approximate surface area is 136 Å². The summed E-state index contributed by atoms with van der Waals surface area (Å²) in [6.07, 6.45) is 4.15. The summed E-state index contributed by atoms with van der Waals surface area (Å²) in [6.45, 7) is -2.68. The van der Waals surface area contributed by atoms with Crippen LogP contribution in [0.1, 0.15) is 34.5 Å². The predicted octanol–water partition coefficient (Wildman–Crippen LogP) is 2.72. The third-order valence-electron chi connectivity index (χ3n) is 3.60. The molecule has 3 aromatic rings. The highest BCUT2D eigenvalue weighted by Crippen LogP contribution is 2.21. The molecule has 24 heavy (non-hydrogen) atoms. The van der Waals surface area contributed by atoms with Crippen molar-refractivity contribution in [1.82, 2.24) is 25.1 Å². The minimum atomic E-state index is -2.68. The zero-order chi connectivity index (χ0) is 16.9. The molecule has 1 aromatic carbocycles. The van der Waals surface area contributed by atoms with Gasteiger partial charge in [-0.3, -0.25) is 14.5 Å². The zero-order valence-corrected chi connectivity index (χ0v) is 12.6. The third-order valence-corrected chi connectivity index (χ3v) is 3.60. The normalized spacial score (nSPS) is 12.3. The molecule has 0 aliphatic rings. The average Bonchev–Trinajstić information content (AvgIpc) is 3.26. The molecular weight excluding hydrogens is 316 g/mol. The maximum absolute atomic E-state index is 13.0. The molecule has 1 atom stereocenters. The number of amides is 1. The Balaban J connectivity index is 1.85. The van der Waals surface area contributed by atoms with E-state index in [2.05, 4.69) is 20.5 Å². The van der Waals surface area contributed by atoms with Gasteiger partial charge in [-0.15, -0.1) is 0 Å². The lowest BCUT2D eigenvalue weighted by Gasteiger charge is -2.19. The van der Waals surface area contributed by atoms with Crippen molar-refractivity contribution in [1.29, 1.82) is 0 Å². The summed E-state index contributed by atoms with van der Waals surface area (Å²) in [5.41, 5.74) is 1.10. The number of alkyl halides is 2. The molecule has 1 amide bonds. The second-order valence-electron chi connectivity index (χ2n) is 5.14. The van der Waals surface area contributed by atoms with Gasteiger partial charge < -0.3 is 5.32 Å². The van der Waals surface area contributed by atoms with Gasteiger partial charge in [-0.25, -0.2) is 4.98 Å². The molecular formula is C16H15F2N5O. The Morgan fingerprint density at radius 1 is 1.21 bits per heavy atom. The minimum absolute atomic E-state index is 0.140. The molecule has 0 spiro atoms. The molecule has 2 aromatic heterocycles. The van der Waals surface area contributed by atoms with Crippen molar-refractivity contribution in [2.45, 2.75) is 19.0 Å². The molecule has 0 fully saturated rings. The Kier molecular flexibility index (Phi) is 4.64. The molecule has 0 saturated heterocycles. The van der Waals surface area contributed by atoms with Gasteiger partial charge in [0, 0.05) is 25.0 Å². The first-order valence-electron chi connectivity index (χ1n) is 7.30. The van der Waals surface area contributed by atoms with Crippen molar-refractivity contribution >= 4 is 5.91 Å². The Hall–Kier alpha value is -3.03. The van der Waals surface area contributed by atoms with Crippen LogP contribution in [0.15, 0.2) is 55.0 Å². The lowest BCUT2D eigenvalue weighted by Crippen LogP contribution is -2.31. The summed E-state index contributed by atoms with van der Waals surface area (Å²) in [5, 5.41) is 9.15. The van der Waals surface area contributed by atoms with Gasteiger partial charge >= 0.3 is 6.55 Å². The first kappa shape index (κ1) is 15.9. The van der Waals surface area contributed by atoms with Crippen LogP contribution in [0.3, 0.4) is 0 Å². The van der Waals surface area contributed by atoms with E-state index >= 15 is 0 Å². The lowest BCUT2D eigenvalue weighted by molar-refractivity contribution is 0.0665. The van der Waals surface area contributed by atoms with E-state index in [1.807, 2.05) is 30.3 Å². The van der Waals surface area contributed by atoms with E-state index in [4.69, 9.17) is 0 Å². The number of carbonyl (C=O) groups is 1. The van der Waals surface area contributed by atoms with Crippen LogP contribution in [0, 0.1) is 0 Å². The molecule has 2 heterocycles. The van der Waals surface area contributed by atoms with E-state index in [9.17, 15) is 13.6 Å². The van der Waals surface area contributed by atoms with E-state index in [0.717, 1.165) is 10.1 Å². The number of nitrogens with zero attached hydrogens (tertiary/aromatic N) is 3. The predicted molar refractivity (Wildman–Crippen MR) is 82.4 cm³/mol. The van der Waals surface area contributed by atoms with Crippen molar-refractivity contribution in [3.05, 3.63) is 72.1 Å². The summed E-state index contributed by atoms with van der Waals surface area (Å²) < 4.78 is 26.8. The van der Waals surface area contributed by atoms with Crippen LogP contribution in [0.25, 0.3) is 0 Å². The van der Waals surface area contributed by atoms with Gasteiger partial charge in [0.15, 0.2) is 0 Å². The molecule has 0 bridgehead atoms. The SMILES string of the molecule is O=C(NC(Cc1nccn1C(F)F)c1ccccc1)c1ccn[nH]1. The van der Waals surface area contributed by atoms with Gasteiger partial charge in [0.05, 0.1) is 6.04 Å². The van der Waals surface area contributed by atoms with Crippen molar-refractivity contribution < 1.29 is 13.6 Å². The van der Waals surface area contributed by atoms with E-state index in [0.29, 0.717) is 5.69 Å². The molecule has 0 aliphatic carbocycles. The van der Waals surface area contributed by atoms with E-state index < -0.39 is 12.6 Å². The van der Waals surface area contributed by atoms with Crippen molar-refractivity contribution in [2.24, 2.45) is 0 Å². The third kappa shape index (κ3) is 3.48. The van der Waals surface area contributed by atoms with Crippen molar-refractivity contribution in [3.8, 4) is 0 Å². The van der Waals surface area contributed by atoms with Crippen molar-refractivity contribution in [3.63, 3.8) is 0 Å². The highest BCUT2D eigenvalue weighted by Gasteiger charge is 2.21. The zero-order valence-electron chi connectivity index (χ0n) is 12.6. The number of nitrogens with one attached hydrogen (secondary N) is 2. The van der Waals surface area contributed by atoms with Gasteiger partial charge in [-0.2, -0.15) is 13.9 Å². The summed E-state index contributed by atoms with van der Waals surface area (Å²) in [4.78, 5) is 16.3. The molecule has 0 radical (unpaired) electrons. The quantitative estimate of drug-likeness (QED) is 0.729. The fraction of sp³-hybridized carbons (Fsp3) is 0.188. The topological polar surface area (TPSA) is 75.6 Å². The van der Waals surface area contributed by atoms with Crippen LogP contribution < -0.4 is 5.32 Å². The fourth-order valence-corrected chi connectivity index (χ4v) is 2.42. The van der Waals surface area contributed by atoms with Crippen LogP contribution in [0.4, 0.5) is 8.78 Å². The standard InChI is InChI=1S/C16H15F2N5O/c17-16(18)23-9-8-19-14(23)10-13(11-4-2-1-3-5-11)21-15(24)12-6-7-20-22-12/h1-9,13,16H,10H2,(H,20,22)(H,21,24). The number of imidazole rings is 1. The van der Waals surface area contributed by atoms with Crippen LogP contribution in [0.2, 0.25) is 0 Å². The summed E-state index contributed by atoms with van der Waals surface area (Å²) >= 11 is 0. The van der Waals surface area contributed by atoms with Crippen molar-refractivity contribution in [2.75, 3.05) is 0 Å². The van der Waals surface area contributed by atoms with E-state index in [-0.39, 0.29) is 18.2 Å². The molecule has 6 nitrogen and oxygen atoms in total. The van der Waals surface area contributed by atoms with Gasteiger partial charge in [0.2, 0.25) is 0 Å². The largest absolute Gasteiger partial charge is 0.343 e. The number of aromatic amines is 1. The van der Waals surface area contributed by atoms with Gasteiger partial charge in [-0.05, 0) is 11.6 Å². The smallest absolute Gasteiger partial charge is 0.319 e. The first-order chi connectivity index (χ1) is 11.6. The van der Waals surface area contributed by atoms with Gasteiger partial charge in [-0.1, -0.05) is 30.3 Å². The second-order valence-corrected chi connectivity index (χ2v) is 5.14. The number of aromatic nitrogens is 4. The molecule has 1 unspecified atom stereocenters. The van der Waals surface area contributed by atoms with Crippen LogP contribution >= 0.6 is 0 Å². The Morgan fingerprint density at radius 2 is 2.00 bits per heavy atom. The summed E-state index contributed by atoms with van der Waals surface area (Å²) in [7, 11) is 0. The maximum Gasteiger partial charge on any atom is 0.319 e. The first-order valence-corrected chi connectivity index (χ1v) is 7.30. The molecule has 0 aliphatic heterocycles. The monoisotopic (exact) mass is 331 g/mol. The Morgan fingerprint density at radius 3 is 2.67 bits per heavy atom. The van der Waals surface area contributed by atoms with Crippen LogP contribution in [0.5, 0.6) is 0 Å². The molecule has 0 saturated carbocycles. The number of halogens is 2. The van der Waals surface area contributed by atoms with Crippen LogP contribution in [-0.2, 0) is 6.42 Å². The lowest BCUT2D eigenvalue weighted by atomic mass is 10.0. The second kappa shape index (κ2) is 7.03. The molecule has 3 rings (SSSR count). The van der Waals surface area contributed by atoms with Gasteiger partial charge in [0.1, 0.15) is 11.5 Å².